The van der Waals surface area contributed by atoms with Crippen molar-refractivity contribution in [2.75, 3.05) is 6.54 Å². The number of hydrogen-bond acceptors (Lipinski definition) is 2. The van der Waals surface area contributed by atoms with Gasteiger partial charge in [-0.15, -0.1) is 0 Å². The Balaban J connectivity index is 1.28. The SMILES string of the molecule is CC1=C(C2C=CC(c3ccc4c5ccc6cc(-c7ccccc7)ccc6c5n(-c5ccccc5)c4c3)=CN2)C=CCN1. The lowest BCUT2D eigenvalue weighted by Crippen LogP contribution is -2.30. The van der Waals surface area contributed by atoms with Gasteiger partial charge >= 0.3 is 0 Å². The zero-order valence-electron chi connectivity index (χ0n) is 23.5. The first-order valence-corrected chi connectivity index (χ1v) is 14.6. The Morgan fingerprint density at radius 2 is 1.45 bits per heavy atom. The van der Waals surface area contributed by atoms with Crippen molar-refractivity contribution in [3.63, 3.8) is 0 Å². The van der Waals surface area contributed by atoms with Crippen LogP contribution in [0.15, 0.2) is 151 Å². The van der Waals surface area contributed by atoms with E-state index in [9.17, 15) is 0 Å². The normalized spacial score (nSPS) is 16.6. The molecule has 2 N–H and O–H groups in total. The highest BCUT2D eigenvalue weighted by Gasteiger charge is 2.19. The summed E-state index contributed by atoms with van der Waals surface area (Å²) in [5.41, 5.74) is 11.0. The van der Waals surface area contributed by atoms with Crippen molar-refractivity contribution in [1.82, 2.24) is 15.2 Å². The highest BCUT2D eigenvalue weighted by atomic mass is 15.0. The molecule has 1 unspecified atom stereocenters. The Morgan fingerprint density at radius 1 is 0.690 bits per heavy atom. The number of para-hydroxylation sites is 1. The van der Waals surface area contributed by atoms with Crippen molar-refractivity contribution in [2.24, 2.45) is 0 Å². The van der Waals surface area contributed by atoms with Crippen LogP contribution in [-0.4, -0.2) is 17.2 Å². The van der Waals surface area contributed by atoms with Crippen molar-refractivity contribution in [2.45, 2.75) is 13.0 Å². The monoisotopic (exact) mass is 541 g/mol. The molecule has 0 bridgehead atoms. The molecule has 0 radical (unpaired) electrons. The average molecular weight is 542 g/mol. The fourth-order valence-electron chi connectivity index (χ4n) is 6.49. The van der Waals surface area contributed by atoms with Gasteiger partial charge in [-0.2, -0.15) is 0 Å². The van der Waals surface area contributed by atoms with E-state index in [2.05, 4.69) is 162 Å². The summed E-state index contributed by atoms with van der Waals surface area (Å²) in [6, 6.07) is 39.8. The van der Waals surface area contributed by atoms with Crippen LogP contribution in [0.2, 0.25) is 0 Å². The largest absolute Gasteiger partial charge is 0.385 e. The van der Waals surface area contributed by atoms with Gasteiger partial charge in [0.15, 0.2) is 0 Å². The van der Waals surface area contributed by atoms with E-state index in [1.165, 1.54) is 71.8 Å². The molecule has 1 atom stereocenters. The van der Waals surface area contributed by atoms with Crippen molar-refractivity contribution in [3.8, 4) is 16.8 Å². The van der Waals surface area contributed by atoms with E-state index in [0.29, 0.717) is 0 Å². The first kappa shape index (κ1) is 24.5. The molecule has 3 heterocycles. The lowest BCUT2D eigenvalue weighted by molar-refractivity contribution is 0.757. The van der Waals surface area contributed by atoms with Gasteiger partial charge in [0.2, 0.25) is 0 Å². The maximum absolute atomic E-state index is 3.63. The van der Waals surface area contributed by atoms with Gasteiger partial charge in [0.05, 0.1) is 17.1 Å². The zero-order chi connectivity index (χ0) is 28.0. The van der Waals surface area contributed by atoms with E-state index >= 15 is 0 Å². The number of nitrogens with zero attached hydrogens (tertiary/aromatic N) is 1. The van der Waals surface area contributed by atoms with Crippen LogP contribution in [0.5, 0.6) is 0 Å². The summed E-state index contributed by atoms with van der Waals surface area (Å²) in [4.78, 5) is 0. The number of allylic oxidation sites excluding steroid dienone is 3. The molecule has 3 heteroatoms. The maximum Gasteiger partial charge on any atom is 0.0712 e. The van der Waals surface area contributed by atoms with Crippen LogP contribution in [0, 0.1) is 0 Å². The first-order chi connectivity index (χ1) is 20.7. The minimum absolute atomic E-state index is 0.171. The summed E-state index contributed by atoms with van der Waals surface area (Å²) in [7, 11) is 0. The minimum atomic E-state index is 0.171. The van der Waals surface area contributed by atoms with E-state index in [1.807, 2.05) is 0 Å². The van der Waals surface area contributed by atoms with Crippen LogP contribution in [-0.2, 0) is 0 Å². The van der Waals surface area contributed by atoms with Gasteiger partial charge in [0.1, 0.15) is 0 Å². The molecule has 42 heavy (non-hydrogen) atoms. The summed E-state index contributed by atoms with van der Waals surface area (Å²) in [6.45, 7) is 3.04. The third-order valence-electron chi connectivity index (χ3n) is 8.64. The third-order valence-corrected chi connectivity index (χ3v) is 8.64. The van der Waals surface area contributed by atoms with Crippen LogP contribution >= 0.6 is 0 Å². The van der Waals surface area contributed by atoms with Crippen LogP contribution < -0.4 is 10.6 Å². The quantitative estimate of drug-likeness (QED) is 0.233. The predicted molar refractivity (Wildman–Crippen MR) is 178 cm³/mol. The molecule has 3 nitrogen and oxygen atoms in total. The lowest BCUT2D eigenvalue weighted by atomic mass is 9.96. The van der Waals surface area contributed by atoms with Crippen LogP contribution in [0.1, 0.15) is 12.5 Å². The Morgan fingerprint density at radius 3 is 2.24 bits per heavy atom. The number of aromatic nitrogens is 1. The predicted octanol–water partition coefficient (Wildman–Crippen LogP) is 8.91. The molecular formula is C39H31N3. The van der Waals surface area contributed by atoms with Gasteiger partial charge in [-0.3, -0.25) is 0 Å². The highest BCUT2D eigenvalue weighted by molar-refractivity contribution is 6.19. The fraction of sp³-hybridized carbons (Fsp3) is 0.0769. The third kappa shape index (κ3) is 4.05. The van der Waals surface area contributed by atoms with E-state index in [1.54, 1.807) is 0 Å². The Hall–Kier alpha value is -5.28. The summed E-state index contributed by atoms with van der Waals surface area (Å²) in [5.74, 6) is 0. The molecule has 0 saturated heterocycles. The van der Waals surface area contributed by atoms with Crippen molar-refractivity contribution >= 4 is 38.2 Å². The molecule has 0 spiro atoms. The summed E-state index contributed by atoms with van der Waals surface area (Å²) >= 11 is 0. The molecule has 0 aliphatic carbocycles. The van der Waals surface area contributed by atoms with Crippen molar-refractivity contribution < 1.29 is 0 Å². The summed E-state index contributed by atoms with van der Waals surface area (Å²) < 4.78 is 2.44. The Labute approximate surface area is 245 Å². The molecule has 2 aliphatic rings. The van der Waals surface area contributed by atoms with Gasteiger partial charge in [-0.1, -0.05) is 109 Å². The van der Waals surface area contributed by atoms with Gasteiger partial charge in [0, 0.05) is 40.3 Å². The topological polar surface area (TPSA) is 29.0 Å². The molecule has 202 valence electrons. The van der Waals surface area contributed by atoms with Gasteiger partial charge < -0.3 is 15.2 Å². The Bertz CT molecular complexity index is 2110. The van der Waals surface area contributed by atoms with E-state index in [4.69, 9.17) is 0 Å². The number of fused-ring (bicyclic) bond motifs is 5. The molecule has 8 rings (SSSR count). The molecule has 1 aromatic heterocycles. The smallest absolute Gasteiger partial charge is 0.0712 e. The van der Waals surface area contributed by atoms with Crippen LogP contribution in [0.4, 0.5) is 0 Å². The van der Waals surface area contributed by atoms with E-state index in [-0.39, 0.29) is 6.04 Å². The second kappa shape index (κ2) is 9.97. The fourth-order valence-corrected chi connectivity index (χ4v) is 6.49. The first-order valence-electron chi connectivity index (χ1n) is 14.6. The summed E-state index contributed by atoms with van der Waals surface area (Å²) in [5, 5.41) is 12.1. The molecule has 0 amide bonds. The second-order valence-electron chi connectivity index (χ2n) is 11.1. The Kier molecular flexibility index (Phi) is 5.82. The standard InChI is InChI=1S/C39H31N3/c1-26-33(13-8-22-40-26)37-21-17-31(25-41-37)29-15-19-35-36-20-16-30-23-28(27-9-4-2-5-10-27)14-18-34(30)39(36)42(38(35)24-29)32-11-6-3-7-12-32/h2-21,23-25,37,40-41H,22H2,1H3. The molecule has 0 fully saturated rings. The van der Waals surface area contributed by atoms with Gasteiger partial charge in [0.25, 0.3) is 0 Å². The van der Waals surface area contributed by atoms with Crippen molar-refractivity contribution in [3.05, 3.63) is 157 Å². The average Bonchev–Trinajstić information content (AvgIpc) is 3.40. The molecule has 0 saturated carbocycles. The second-order valence-corrected chi connectivity index (χ2v) is 11.1. The minimum Gasteiger partial charge on any atom is -0.385 e. The van der Waals surface area contributed by atoms with Crippen molar-refractivity contribution in [1.29, 1.82) is 0 Å². The number of rotatable bonds is 4. The number of benzene rings is 5. The molecule has 2 aliphatic heterocycles. The highest BCUT2D eigenvalue weighted by Crippen LogP contribution is 2.39. The summed E-state index contributed by atoms with van der Waals surface area (Å²) in [6.07, 6.45) is 11.1. The number of dihydropyridines is 2. The van der Waals surface area contributed by atoms with Gasteiger partial charge in [-0.25, -0.2) is 0 Å². The molecular weight excluding hydrogens is 510 g/mol. The lowest BCUT2D eigenvalue weighted by Gasteiger charge is -2.24. The molecule has 5 aromatic carbocycles. The van der Waals surface area contributed by atoms with Crippen LogP contribution in [0.25, 0.3) is 55.0 Å². The number of nitrogens with one attached hydrogen (secondary N) is 2. The zero-order valence-corrected chi connectivity index (χ0v) is 23.5. The van der Waals surface area contributed by atoms with E-state index in [0.717, 1.165) is 6.54 Å². The maximum atomic E-state index is 3.63. The van der Waals surface area contributed by atoms with Crippen LogP contribution in [0.3, 0.4) is 0 Å². The molecule has 6 aromatic rings. The number of hydrogen-bond donors (Lipinski definition) is 2. The van der Waals surface area contributed by atoms with E-state index < -0.39 is 0 Å². The van der Waals surface area contributed by atoms with Gasteiger partial charge in [-0.05, 0) is 64.4 Å².